The molecule has 6 nitrogen and oxygen atoms in total. The molecule has 1 aromatic carbocycles. The second-order valence-electron chi connectivity index (χ2n) is 8.42. The number of aliphatic imine (C=N–C) groups is 1. The first-order valence-electron chi connectivity index (χ1n) is 11.2. The van der Waals surface area contributed by atoms with Gasteiger partial charge in [-0.05, 0) is 62.4 Å². The molecule has 1 aromatic rings. The van der Waals surface area contributed by atoms with Gasteiger partial charge in [-0.2, -0.15) is 0 Å². The molecular weight excluding hydrogens is 489 g/mol. The van der Waals surface area contributed by atoms with E-state index in [0.717, 1.165) is 44.4 Å². The number of nitrogens with one attached hydrogen (secondary N) is 2. The summed E-state index contributed by atoms with van der Waals surface area (Å²) in [5, 5.41) is 6.86. The fourth-order valence-electron chi connectivity index (χ4n) is 4.16. The van der Waals surface area contributed by atoms with Crippen molar-refractivity contribution in [2.24, 2.45) is 10.9 Å². The van der Waals surface area contributed by atoms with Crippen molar-refractivity contribution in [3.8, 4) is 0 Å². The number of halogens is 1. The lowest BCUT2D eigenvalue weighted by Gasteiger charge is -2.30. The van der Waals surface area contributed by atoms with Crippen molar-refractivity contribution in [2.45, 2.75) is 52.1 Å². The predicted octanol–water partition coefficient (Wildman–Crippen LogP) is 3.21. The van der Waals surface area contributed by atoms with Crippen LogP contribution in [0.25, 0.3) is 0 Å². The van der Waals surface area contributed by atoms with Gasteiger partial charge in [0.1, 0.15) is 0 Å². The Hall–Kier alpha value is -1.35. The summed E-state index contributed by atoms with van der Waals surface area (Å²) < 4.78 is 0. The van der Waals surface area contributed by atoms with Gasteiger partial charge in [-0.1, -0.05) is 31.2 Å². The average Bonchev–Trinajstić information content (AvgIpc) is 3.14. The van der Waals surface area contributed by atoms with E-state index < -0.39 is 0 Å². The first-order valence-corrected chi connectivity index (χ1v) is 11.2. The molecule has 2 heterocycles. The van der Waals surface area contributed by atoms with Gasteiger partial charge in [0.25, 0.3) is 0 Å². The highest BCUT2D eigenvalue weighted by Gasteiger charge is 2.21. The molecule has 0 spiro atoms. The minimum absolute atomic E-state index is 0. The van der Waals surface area contributed by atoms with E-state index in [1.165, 1.54) is 37.1 Å². The normalized spacial score (nSPS) is 18.4. The van der Waals surface area contributed by atoms with E-state index in [1.807, 2.05) is 18.0 Å². The van der Waals surface area contributed by atoms with Gasteiger partial charge in [-0.15, -0.1) is 24.0 Å². The Morgan fingerprint density at radius 3 is 2.53 bits per heavy atom. The third-order valence-electron chi connectivity index (χ3n) is 6.14. The number of nitrogens with zero attached hydrogens (tertiary/aromatic N) is 3. The molecular formula is C23H38IN5O. The zero-order chi connectivity index (χ0) is 20.5. The standard InChI is InChI=1S/C23H37N5O.HI/c1-19-10-15-27(16-11-19)13-6-12-25-23(24-2)26-17-20-7-3-4-8-21(20)18-28-14-5-9-22(28)29;/h3-4,7-8,19H,5-6,9-18H2,1-2H3,(H2,24,25,26);1H. The molecule has 0 radical (unpaired) electrons. The van der Waals surface area contributed by atoms with Crippen molar-refractivity contribution in [3.05, 3.63) is 35.4 Å². The summed E-state index contributed by atoms with van der Waals surface area (Å²) in [4.78, 5) is 20.9. The summed E-state index contributed by atoms with van der Waals surface area (Å²) in [5.41, 5.74) is 2.43. The number of amides is 1. The number of hydrogen-bond acceptors (Lipinski definition) is 3. The molecule has 7 heteroatoms. The van der Waals surface area contributed by atoms with Gasteiger partial charge >= 0.3 is 0 Å². The Kier molecular flexibility index (Phi) is 10.9. The molecule has 2 N–H and O–H groups in total. The maximum atomic E-state index is 12.0. The SMILES string of the molecule is CN=C(NCCCN1CCC(C)CC1)NCc1ccccc1CN1CCCC1=O.I. The molecule has 0 bridgehead atoms. The second kappa shape index (κ2) is 13.1. The van der Waals surface area contributed by atoms with E-state index in [-0.39, 0.29) is 29.9 Å². The Morgan fingerprint density at radius 1 is 1.13 bits per heavy atom. The first kappa shape index (κ1) is 24.9. The summed E-state index contributed by atoms with van der Waals surface area (Å²) in [6.45, 7) is 9.21. The molecule has 0 aliphatic carbocycles. The molecule has 2 fully saturated rings. The minimum atomic E-state index is 0. The third kappa shape index (κ3) is 7.72. The fourth-order valence-corrected chi connectivity index (χ4v) is 4.16. The summed E-state index contributed by atoms with van der Waals surface area (Å²) in [6.07, 6.45) is 5.46. The van der Waals surface area contributed by atoms with Crippen molar-refractivity contribution in [3.63, 3.8) is 0 Å². The molecule has 3 rings (SSSR count). The molecule has 1 amide bonds. The number of guanidine groups is 1. The molecule has 2 aliphatic heterocycles. The van der Waals surface area contributed by atoms with Crippen LogP contribution in [0, 0.1) is 5.92 Å². The van der Waals surface area contributed by atoms with Crippen LogP contribution in [0.1, 0.15) is 50.2 Å². The summed E-state index contributed by atoms with van der Waals surface area (Å²) in [5.74, 6) is 2.00. The minimum Gasteiger partial charge on any atom is -0.356 e. The second-order valence-corrected chi connectivity index (χ2v) is 8.42. The topological polar surface area (TPSA) is 60.0 Å². The van der Waals surface area contributed by atoms with Crippen molar-refractivity contribution in [1.82, 2.24) is 20.4 Å². The highest BCUT2D eigenvalue weighted by atomic mass is 127. The van der Waals surface area contributed by atoms with Crippen LogP contribution in [0.4, 0.5) is 0 Å². The molecule has 2 aliphatic rings. The summed E-state index contributed by atoms with van der Waals surface area (Å²) in [7, 11) is 1.82. The van der Waals surface area contributed by atoms with E-state index in [2.05, 4.69) is 45.6 Å². The van der Waals surface area contributed by atoms with E-state index in [4.69, 9.17) is 0 Å². The smallest absolute Gasteiger partial charge is 0.222 e. The van der Waals surface area contributed by atoms with Gasteiger partial charge in [0.05, 0.1) is 0 Å². The molecule has 30 heavy (non-hydrogen) atoms. The molecule has 168 valence electrons. The Labute approximate surface area is 198 Å². The van der Waals surface area contributed by atoms with Gasteiger partial charge < -0.3 is 20.4 Å². The lowest BCUT2D eigenvalue weighted by Crippen LogP contribution is -2.39. The lowest BCUT2D eigenvalue weighted by molar-refractivity contribution is -0.128. The monoisotopic (exact) mass is 527 g/mol. The summed E-state index contributed by atoms with van der Waals surface area (Å²) in [6, 6.07) is 8.36. The van der Waals surface area contributed by atoms with Gasteiger partial charge in [0.15, 0.2) is 5.96 Å². The number of likely N-dealkylation sites (tertiary alicyclic amines) is 2. The van der Waals surface area contributed by atoms with Gasteiger partial charge in [0, 0.05) is 39.6 Å². The van der Waals surface area contributed by atoms with Crippen LogP contribution >= 0.6 is 24.0 Å². The van der Waals surface area contributed by atoms with Crippen molar-refractivity contribution in [1.29, 1.82) is 0 Å². The highest BCUT2D eigenvalue weighted by molar-refractivity contribution is 14.0. The van der Waals surface area contributed by atoms with Crippen LogP contribution in [0.5, 0.6) is 0 Å². The van der Waals surface area contributed by atoms with Crippen molar-refractivity contribution >= 4 is 35.8 Å². The lowest BCUT2D eigenvalue weighted by atomic mass is 9.99. The molecule has 0 saturated carbocycles. The number of hydrogen-bond donors (Lipinski definition) is 2. The zero-order valence-electron chi connectivity index (χ0n) is 18.5. The van der Waals surface area contributed by atoms with Crippen LogP contribution in [-0.2, 0) is 17.9 Å². The van der Waals surface area contributed by atoms with Crippen LogP contribution in [-0.4, -0.2) is 61.4 Å². The Morgan fingerprint density at radius 2 is 1.87 bits per heavy atom. The van der Waals surface area contributed by atoms with Crippen molar-refractivity contribution < 1.29 is 4.79 Å². The number of rotatable bonds is 8. The molecule has 0 unspecified atom stereocenters. The fraction of sp³-hybridized carbons (Fsp3) is 0.652. The molecule has 2 saturated heterocycles. The number of piperidine rings is 1. The van der Waals surface area contributed by atoms with Crippen LogP contribution < -0.4 is 10.6 Å². The zero-order valence-corrected chi connectivity index (χ0v) is 20.9. The van der Waals surface area contributed by atoms with Gasteiger partial charge in [-0.3, -0.25) is 9.79 Å². The Balaban J connectivity index is 0.00000320. The van der Waals surface area contributed by atoms with E-state index in [9.17, 15) is 4.79 Å². The maximum Gasteiger partial charge on any atom is 0.222 e. The van der Waals surface area contributed by atoms with Gasteiger partial charge in [-0.25, -0.2) is 0 Å². The van der Waals surface area contributed by atoms with Crippen LogP contribution in [0.3, 0.4) is 0 Å². The Bertz CT molecular complexity index is 688. The maximum absolute atomic E-state index is 12.0. The van der Waals surface area contributed by atoms with E-state index in [0.29, 0.717) is 19.5 Å². The molecule has 0 aromatic heterocycles. The third-order valence-corrected chi connectivity index (χ3v) is 6.14. The number of benzene rings is 1. The van der Waals surface area contributed by atoms with Crippen LogP contribution in [0.2, 0.25) is 0 Å². The van der Waals surface area contributed by atoms with Gasteiger partial charge in [0.2, 0.25) is 5.91 Å². The van der Waals surface area contributed by atoms with E-state index >= 15 is 0 Å². The van der Waals surface area contributed by atoms with E-state index in [1.54, 1.807) is 0 Å². The summed E-state index contributed by atoms with van der Waals surface area (Å²) >= 11 is 0. The van der Waals surface area contributed by atoms with Crippen LogP contribution in [0.15, 0.2) is 29.3 Å². The highest BCUT2D eigenvalue weighted by Crippen LogP contribution is 2.17. The number of carbonyl (C=O) groups excluding carboxylic acids is 1. The first-order chi connectivity index (χ1) is 14.2. The number of carbonyl (C=O) groups is 1. The predicted molar refractivity (Wildman–Crippen MR) is 134 cm³/mol. The largest absolute Gasteiger partial charge is 0.356 e. The molecule has 0 atom stereocenters. The van der Waals surface area contributed by atoms with Crippen molar-refractivity contribution in [2.75, 3.05) is 39.8 Å². The average molecular weight is 527 g/mol. The quantitative estimate of drug-likeness (QED) is 0.236.